The SMILES string of the molecule is CC[C@@](CO[Si](CC)(CC)CC)(C[C@H](CO[Si](C)(C)C(C)(C)C)CC(C(=O)OC)C(=S)Nc1ccccc1/C=C\COC1CCCCO1)O[Si](C)(C)C. The van der Waals surface area contributed by atoms with Crippen LogP contribution >= 0.6 is 12.2 Å². The number of esters is 1. The summed E-state index contributed by atoms with van der Waals surface area (Å²) < 4.78 is 38.2. The van der Waals surface area contributed by atoms with Gasteiger partial charge in [0.15, 0.2) is 31.2 Å². The van der Waals surface area contributed by atoms with Crippen molar-refractivity contribution in [1.29, 1.82) is 0 Å². The smallest absolute Gasteiger partial charge is 0.315 e. The zero-order chi connectivity index (χ0) is 39.9. The molecule has 0 saturated carbocycles. The third kappa shape index (κ3) is 15.7. The Hall–Kier alpha value is -1.23. The molecule has 1 N–H and O–H groups in total. The van der Waals surface area contributed by atoms with Crippen LogP contribution < -0.4 is 5.32 Å². The molecule has 0 aliphatic carbocycles. The van der Waals surface area contributed by atoms with E-state index < -0.39 is 36.5 Å². The van der Waals surface area contributed by atoms with Crippen molar-refractivity contribution in [3.63, 3.8) is 0 Å². The summed E-state index contributed by atoms with van der Waals surface area (Å²) in [7, 11) is -4.60. The lowest BCUT2D eigenvalue weighted by atomic mass is 9.83. The first-order valence-corrected chi connectivity index (χ1v) is 29.4. The summed E-state index contributed by atoms with van der Waals surface area (Å²) in [5.41, 5.74) is 1.26. The molecule has 0 aromatic heterocycles. The molecule has 12 heteroatoms. The van der Waals surface area contributed by atoms with Crippen molar-refractivity contribution in [2.45, 2.75) is 155 Å². The zero-order valence-corrected chi connectivity index (χ0v) is 39.5. The summed E-state index contributed by atoms with van der Waals surface area (Å²) in [6.07, 6.45) is 8.97. The maximum absolute atomic E-state index is 13.7. The minimum absolute atomic E-state index is 0.0379. The fourth-order valence-electron chi connectivity index (χ4n) is 6.66. The third-order valence-corrected chi connectivity index (χ3v) is 21.8. The molecular formula is C41H75NO7SSi3. The number of methoxy groups -OCH3 is 1. The van der Waals surface area contributed by atoms with E-state index >= 15 is 0 Å². The van der Waals surface area contributed by atoms with E-state index in [1.165, 1.54) is 7.11 Å². The zero-order valence-electron chi connectivity index (χ0n) is 35.7. The first-order valence-electron chi connectivity index (χ1n) is 20.1. The van der Waals surface area contributed by atoms with Gasteiger partial charge in [0.05, 0.1) is 30.9 Å². The predicted octanol–water partition coefficient (Wildman–Crippen LogP) is 11.2. The van der Waals surface area contributed by atoms with Crippen LogP contribution in [-0.4, -0.2) is 81.3 Å². The van der Waals surface area contributed by atoms with Gasteiger partial charge >= 0.3 is 5.97 Å². The molecule has 1 aromatic rings. The number of nitrogens with one attached hydrogen (secondary N) is 1. The van der Waals surface area contributed by atoms with Gasteiger partial charge in [-0.1, -0.05) is 91.0 Å². The Morgan fingerprint density at radius 2 is 1.68 bits per heavy atom. The minimum Gasteiger partial charge on any atom is -0.468 e. The molecule has 0 radical (unpaired) electrons. The monoisotopic (exact) mass is 809 g/mol. The summed E-state index contributed by atoms with van der Waals surface area (Å²) in [4.78, 5) is 14.1. The van der Waals surface area contributed by atoms with Gasteiger partial charge in [-0.25, -0.2) is 0 Å². The van der Waals surface area contributed by atoms with Gasteiger partial charge in [0, 0.05) is 18.9 Å². The number of anilines is 1. The number of carbonyl (C=O) groups excluding carboxylic acids is 1. The molecule has 2 rings (SSSR count). The van der Waals surface area contributed by atoms with Crippen molar-refractivity contribution in [3.8, 4) is 0 Å². The molecule has 1 heterocycles. The fourth-order valence-corrected chi connectivity index (χ4v) is 12.3. The highest BCUT2D eigenvalue weighted by atomic mass is 32.1. The standard InChI is InChI=1S/C41H75NO7SSi3/c1-14-41(49-51(9,10)11,32-48-53(15-2,16-3)17-4)30-33(31-47-52(12,13)40(5,6)7)29-35(39(43)44-8)38(50)42-36-25-19-18-23-34(36)24-22-28-46-37-26-20-21-27-45-37/h18-19,22-25,33,35,37H,14-17,20-21,26-32H2,1-13H3,(H,42,50)/b24-22-/t33-,35?,37?,41+/m1/s1. The van der Waals surface area contributed by atoms with E-state index in [1.807, 2.05) is 36.4 Å². The van der Waals surface area contributed by atoms with E-state index in [0.717, 1.165) is 61.7 Å². The average molecular weight is 810 g/mol. The molecule has 8 nitrogen and oxygen atoms in total. The topological polar surface area (TPSA) is 84.5 Å². The van der Waals surface area contributed by atoms with Crippen LogP contribution in [0.4, 0.5) is 5.69 Å². The van der Waals surface area contributed by atoms with E-state index in [2.05, 4.69) is 86.5 Å². The van der Waals surface area contributed by atoms with E-state index in [1.54, 1.807) is 0 Å². The van der Waals surface area contributed by atoms with Crippen LogP contribution in [0.3, 0.4) is 0 Å². The highest BCUT2D eigenvalue weighted by molar-refractivity contribution is 7.80. The maximum atomic E-state index is 13.7. The molecule has 0 amide bonds. The predicted molar refractivity (Wildman–Crippen MR) is 233 cm³/mol. The van der Waals surface area contributed by atoms with Crippen molar-refractivity contribution in [3.05, 3.63) is 35.9 Å². The number of thiocarbonyl (C=S) groups is 1. The Kier molecular flexibility index (Phi) is 19.8. The molecule has 0 bridgehead atoms. The van der Waals surface area contributed by atoms with Crippen LogP contribution in [0.25, 0.3) is 6.08 Å². The Bertz CT molecular complexity index is 1280. The molecule has 1 fully saturated rings. The third-order valence-electron chi connectivity index (χ3n) is 11.3. The number of benzene rings is 1. The highest BCUT2D eigenvalue weighted by Crippen LogP contribution is 2.40. The number of hydrogen-bond acceptors (Lipinski definition) is 8. The maximum Gasteiger partial charge on any atom is 0.315 e. The minimum atomic E-state index is -2.12. The van der Waals surface area contributed by atoms with Crippen molar-refractivity contribution < 1.29 is 32.3 Å². The molecular weight excluding hydrogens is 735 g/mol. The number of carbonyl (C=O) groups is 1. The van der Waals surface area contributed by atoms with E-state index in [-0.39, 0.29) is 23.2 Å². The second kappa shape index (κ2) is 21.9. The quantitative estimate of drug-likeness (QED) is 0.0660. The van der Waals surface area contributed by atoms with Crippen molar-refractivity contribution in [2.24, 2.45) is 11.8 Å². The number of rotatable bonds is 23. The second-order valence-electron chi connectivity index (χ2n) is 17.3. The molecule has 2 unspecified atom stereocenters. The lowest BCUT2D eigenvalue weighted by Gasteiger charge is -2.44. The second-order valence-corrected chi connectivity index (χ2v) is 31.8. The van der Waals surface area contributed by atoms with Gasteiger partial charge in [-0.2, -0.15) is 0 Å². The first kappa shape index (κ1) is 47.9. The molecule has 1 aromatic carbocycles. The Morgan fingerprint density at radius 3 is 2.23 bits per heavy atom. The largest absolute Gasteiger partial charge is 0.468 e. The summed E-state index contributed by atoms with van der Waals surface area (Å²) in [5, 5.41) is 3.48. The molecule has 1 aliphatic rings. The van der Waals surface area contributed by atoms with Gasteiger partial charge in [0.1, 0.15) is 5.92 Å². The molecule has 0 spiro atoms. The van der Waals surface area contributed by atoms with Crippen LogP contribution in [0, 0.1) is 11.8 Å². The van der Waals surface area contributed by atoms with Crippen LogP contribution in [-0.2, 0) is 32.3 Å². The van der Waals surface area contributed by atoms with Crippen LogP contribution in [0.2, 0.25) is 55.9 Å². The molecule has 53 heavy (non-hydrogen) atoms. The van der Waals surface area contributed by atoms with Crippen LogP contribution in [0.5, 0.6) is 0 Å². The summed E-state index contributed by atoms with van der Waals surface area (Å²) >= 11 is 6.07. The van der Waals surface area contributed by atoms with Gasteiger partial charge in [-0.05, 0) is 112 Å². The molecule has 1 aliphatic heterocycles. The van der Waals surface area contributed by atoms with Crippen LogP contribution in [0.1, 0.15) is 92.6 Å². The van der Waals surface area contributed by atoms with Gasteiger partial charge in [0.2, 0.25) is 0 Å². The lowest BCUT2D eigenvalue weighted by molar-refractivity contribution is -0.155. The van der Waals surface area contributed by atoms with Gasteiger partial charge < -0.3 is 32.8 Å². The number of ether oxygens (including phenoxy) is 3. The van der Waals surface area contributed by atoms with Gasteiger partial charge in [-0.15, -0.1) is 0 Å². The first-order chi connectivity index (χ1) is 24.8. The summed E-state index contributed by atoms with van der Waals surface area (Å²) in [6.45, 7) is 29.4. The van der Waals surface area contributed by atoms with E-state index in [9.17, 15) is 4.79 Å². The van der Waals surface area contributed by atoms with Crippen molar-refractivity contribution in [2.75, 3.05) is 38.9 Å². The fraction of sp³-hybridized carbons (Fsp3) is 0.756. The van der Waals surface area contributed by atoms with E-state index in [0.29, 0.717) is 37.7 Å². The highest BCUT2D eigenvalue weighted by Gasteiger charge is 2.43. The average Bonchev–Trinajstić information content (AvgIpc) is 3.11. The number of hydrogen-bond donors (Lipinski definition) is 1. The lowest BCUT2D eigenvalue weighted by Crippen LogP contribution is -2.51. The summed E-state index contributed by atoms with van der Waals surface area (Å²) in [6, 6.07) is 11.2. The molecule has 4 atom stereocenters. The van der Waals surface area contributed by atoms with Gasteiger partial charge in [0.25, 0.3) is 0 Å². The molecule has 304 valence electrons. The Labute approximate surface area is 332 Å². The Balaban J connectivity index is 2.45. The van der Waals surface area contributed by atoms with E-state index in [4.69, 9.17) is 39.7 Å². The number of para-hydroxylation sites is 1. The van der Waals surface area contributed by atoms with Gasteiger partial charge in [-0.3, -0.25) is 4.79 Å². The van der Waals surface area contributed by atoms with Crippen LogP contribution in [0.15, 0.2) is 30.3 Å². The normalized spacial score (nSPS) is 18.4. The Morgan fingerprint density at radius 1 is 1.02 bits per heavy atom. The summed E-state index contributed by atoms with van der Waals surface area (Å²) in [5.74, 6) is -1.07. The van der Waals surface area contributed by atoms with Crippen molar-refractivity contribution >= 4 is 59.9 Å². The van der Waals surface area contributed by atoms with Crippen molar-refractivity contribution in [1.82, 2.24) is 0 Å². The molecule has 1 saturated heterocycles.